The molecule has 116 valence electrons. The van der Waals surface area contributed by atoms with Crippen molar-refractivity contribution in [2.24, 2.45) is 0 Å². The highest BCUT2D eigenvalue weighted by molar-refractivity contribution is 5.93. The van der Waals surface area contributed by atoms with Crippen molar-refractivity contribution in [2.45, 2.75) is 25.7 Å². The second-order valence-electron chi connectivity index (χ2n) is 5.67. The maximum absolute atomic E-state index is 11.5. The summed E-state index contributed by atoms with van der Waals surface area (Å²) in [4.78, 5) is 11.1. The van der Waals surface area contributed by atoms with Crippen LogP contribution in [0.1, 0.15) is 13.8 Å². The van der Waals surface area contributed by atoms with Gasteiger partial charge in [-0.1, -0.05) is 24.3 Å². The first kappa shape index (κ1) is 14.7. The number of nitro groups is 1. The first-order chi connectivity index (χ1) is 10.5. The fourth-order valence-corrected chi connectivity index (χ4v) is 2.60. The number of hydrogen-bond donors (Lipinski definition) is 0. The molecule has 2 aromatic carbocycles. The molecule has 0 unspecified atom stereocenters. The normalized spacial score (nSPS) is 16.1. The van der Waals surface area contributed by atoms with Crippen molar-refractivity contribution in [2.75, 3.05) is 13.2 Å². The molecule has 0 bridgehead atoms. The lowest BCUT2D eigenvalue weighted by molar-refractivity contribution is -0.384. The molecule has 1 fully saturated rings. The molecule has 1 heterocycles. The van der Waals surface area contributed by atoms with Crippen LogP contribution in [-0.4, -0.2) is 30.0 Å². The van der Waals surface area contributed by atoms with Crippen LogP contribution in [0.25, 0.3) is 10.8 Å². The minimum atomic E-state index is -0.830. The second kappa shape index (κ2) is 5.55. The molecule has 0 radical (unpaired) electrons. The lowest BCUT2D eigenvalue weighted by Gasteiger charge is -2.30. The predicted octanol–water partition coefficient (Wildman–Crippen LogP) is 3.28. The van der Waals surface area contributed by atoms with Gasteiger partial charge in [0.05, 0.1) is 23.5 Å². The first-order valence-electron chi connectivity index (χ1n) is 7.07. The van der Waals surface area contributed by atoms with Crippen LogP contribution in [-0.2, 0) is 9.47 Å². The Morgan fingerprint density at radius 1 is 1.18 bits per heavy atom. The minimum Gasteiger partial charge on any atom is -0.475 e. The Labute approximate surface area is 127 Å². The van der Waals surface area contributed by atoms with Gasteiger partial charge in [0.25, 0.3) is 0 Å². The summed E-state index contributed by atoms with van der Waals surface area (Å²) in [6.45, 7) is 4.58. The minimum absolute atomic E-state index is 0.0378. The third-order valence-electron chi connectivity index (χ3n) is 3.61. The molecule has 1 saturated heterocycles. The van der Waals surface area contributed by atoms with Gasteiger partial charge in [-0.25, -0.2) is 0 Å². The Morgan fingerprint density at radius 3 is 2.55 bits per heavy atom. The second-order valence-corrected chi connectivity index (χ2v) is 5.67. The predicted molar refractivity (Wildman–Crippen MR) is 81.0 cm³/mol. The van der Waals surface area contributed by atoms with Gasteiger partial charge < -0.3 is 14.2 Å². The lowest BCUT2D eigenvalue weighted by Crippen LogP contribution is -2.42. The summed E-state index contributed by atoms with van der Waals surface area (Å²) >= 11 is 0. The maximum atomic E-state index is 11.5. The van der Waals surface area contributed by atoms with E-state index in [4.69, 9.17) is 14.2 Å². The van der Waals surface area contributed by atoms with E-state index in [0.717, 1.165) is 5.39 Å². The molecule has 1 aliphatic heterocycles. The molecule has 0 saturated carbocycles. The smallest absolute Gasteiger partial charge is 0.318 e. The van der Waals surface area contributed by atoms with Gasteiger partial charge in [0, 0.05) is 0 Å². The zero-order chi connectivity index (χ0) is 15.7. The van der Waals surface area contributed by atoms with Crippen molar-refractivity contribution >= 4 is 16.5 Å². The highest BCUT2D eigenvalue weighted by Crippen LogP contribution is 2.38. The van der Waals surface area contributed by atoms with Gasteiger partial charge in [0.15, 0.2) is 17.6 Å². The van der Waals surface area contributed by atoms with Gasteiger partial charge in [0.2, 0.25) is 0 Å². The molecule has 0 spiro atoms. The number of ether oxygens (including phenoxy) is 3. The van der Waals surface area contributed by atoms with Crippen LogP contribution in [0, 0.1) is 10.1 Å². The molecule has 2 aromatic rings. The number of fused-ring (bicyclic) bond motifs is 1. The SMILES string of the molecule is CC(C)(Oc1ccc2ccccc2c1[N+](=O)[O-])C1OCCO1. The van der Waals surface area contributed by atoms with E-state index >= 15 is 0 Å². The van der Waals surface area contributed by atoms with Crippen LogP contribution < -0.4 is 4.74 Å². The Kier molecular flexibility index (Phi) is 3.72. The third-order valence-corrected chi connectivity index (χ3v) is 3.61. The molecule has 0 N–H and O–H groups in total. The van der Waals surface area contributed by atoms with Crippen LogP contribution in [0.2, 0.25) is 0 Å². The standard InChI is InChI=1S/C16H17NO5/c1-16(2,15-20-9-10-21-15)22-13-8-7-11-5-3-4-6-12(11)14(13)17(18)19/h3-8,15H,9-10H2,1-2H3. The van der Waals surface area contributed by atoms with Crippen LogP contribution in [0.5, 0.6) is 5.75 Å². The van der Waals surface area contributed by atoms with Gasteiger partial charge in [-0.2, -0.15) is 0 Å². The Balaban J connectivity index is 2.03. The zero-order valence-corrected chi connectivity index (χ0v) is 12.4. The largest absolute Gasteiger partial charge is 0.475 e. The molecule has 0 aromatic heterocycles. The summed E-state index contributed by atoms with van der Waals surface area (Å²) in [6, 6.07) is 10.6. The summed E-state index contributed by atoms with van der Waals surface area (Å²) in [7, 11) is 0. The van der Waals surface area contributed by atoms with Crippen LogP contribution in [0.15, 0.2) is 36.4 Å². The molecule has 22 heavy (non-hydrogen) atoms. The van der Waals surface area contributed by atoms with Gasteiger partial charge in [0.1, 0.15) is 0 Å². The van der Waals surface area contributed by atoms with Crippen molar-refractivity contribution in [1.82, 2.24) is 0 Å². The molecule has 0 atom stereocenters. The van der Waals surface area contributed by atoms with E-state index < -0.39 is 16.8 Å². The summed E-state index contributed by atoms with van der Waals surface area (Å²) in [5.74, 6) is 0.216. The molecular formula is C16H17NO5. The zero-order valence-electron chi connectivity index (χ0n) is 12.4. The molecule has 6 heteroatoms. The summed E-state index contributed by atoms with van der Waals surface area (Å²) in [6.07, 6.45) is -0.543. The van der Waals surface area contributed by atoms with Crippen LogP contribution in [0.3, 0.4) is 0 Å². The molecule has 6 nitrogen and oxygen atoms in total. The number of rotatable bonds is 4. The Bertz CT molecular complexity index is 707. The average molecular weight is 303 g/mol. The number of nitrogens with zero attached hydrogens (tertiary/aromatic N) is 1. The van der Waals surface area contributed by atoms with Gasteiger partial charge in [-0.3, -0.25) is 10.1 Å². The highest BCUT2D eigenvalue weighted by atomic mass is 16.7. The van der Waals surface area contributed by atoms with Crippen molar-refractivity contribution in [3.05, 3.63) is 46.5 Å². The summed E-state index contributed by atoms with van der Waals surface area (Å²) in [5.41, 5.74) is -0.867. The molecule has 1 aliphatic rings. The van der Waals surface area contributed by atoms with E-state index in [1.807, 2.05) is 18.2 Å². The monoisotopic (exact) mass is 303 g/mol. The van der Waals surface area contributed by atoms with Crippen molar-refractivity contribution in [3.8, 4) is 5.75 Å². The van der Waals surface area contributed by atoms with Gasteiger partial charge in [-0.15, -0.1) is 0 Å². The molecule has 0 aliphatic carbocycles. The van der Waals surface area contributed by atoms with Crippen molar-refractivity contribution < 1.29 is 19.1 Å². The fourth-order valence-electron chi connectivity index (χ4n) is 2.60. The van der Waals surface area contributed by atoms with Crippen molar-refractivity contribution in [1.29, 1.82) is 0 Å². The summed E-state index contributed by atoms with van der Waals surface area (Å²) in [5, 5.41) is 12.9. The van der Waals surface area contributed by atoms with E-state index in [1.165, 1.54) is 0 Å². The van der Waals surface area contributed by atoms with E-state index in [9.17, 15) is 10.1 Å². The number of hydrogen-bond acceptors (Lipinski definition) is 5. The van der Waals surface area contributed by atoms with E-state index in [1.54, 1.807) is 32.0 Å². The number of benzene rings is 2. The third kappa shape index (κ3) is 2.63. The lowest BCUT2D eigenvalue weighted by atomic mass is 10.1. The van der Waals surface area contributed by atoms with Gasteiger partial charge >= 0.3 is 5.69 Å². The first-order valence-corrected chi connectivity index (χ1v) is 7.07. The van der Waals surface area contributed by atoms with Crippen LogP contribution >= 0.6 is 0 Å². The van der Waals surface area contributed by atoms with Crippen LogP contribution in [0.4, 0.5) is 5.69 Å². The number of nitro benzene ring substituents is 1. The highest BCUT2D eigenvalue weighted by Gasteiger charge is 2.38. The Hall–Kier alpha value is -2.18. The maximum Gasteiger partial charge on any atom is 0.318 e. The van der Waals surface area contributed by atoms with E-state index in [2.05, 4.69) is 0 Å². The van der Waals surface area contributed by atoms with Crippen molar-refractivity contribution in [3.63, 3.8) is 0 Å². The average Bonchev–Trinajstić information content (AvgIpc) is 3.01. The fraction of sp³-hybridized carbons (Fsp3) is 0.375. The topological polar surface area (TPSA) is 70.8 Å². The Morgan fingerprint density at radius 2 is 1.86 bits per heavy atom. The molecule has 3 rings (SSSR count). The van der Waals surface area contributed by atoms with Gasteiger partial charge in [-0.05, 0) is 31.4 Å². The molecule has 0 amide bonds. The van der Waals surface area contributed by atoms with E-state index in [-0.39, 0.29) is 11.4 Å². The van der Waals surface area contributed by atoms with E-state index in [0.29, 0.717) is 18.6 Å². The summed E-state index contributed by atoms with van der Waals surface area (Å²) < 4.78 is 16.8. The molecular weight excluding hydrogens is 286 g/mol. The quantitative estimate of drug-likeness (QED) is 0.640.